The summed E-state index contributed by atoms with van der Waals surface area (Å²) in [5, 5.41) is 0.725. The lowest BCUT2D eigenvalue weighted by Crippen LogP contribution is -1.90. The highest BCUT2D eigenvalue weighted by atomic mass is 19.1. The van der Waals surface area contributed by atoms with E-state index < -0.39 is 0 Å². The number of ketones is 1. The van der Waals surface area contributed by atoms with Crippen LogP contribution in [0.15, 0.2) is 23.8 Å². The fourth-order valence-corrected chi connectivity index (χ4v) is 1.85. The number of carbonyl (C=O) groups is 1. The Kier molecular flexibility index (Phi) is 2.84. The molecule has 0 radical (unpaired) electrons. The highest BCUT2D eigenvalue weighted by Crippen LogP contribution is 2.23. The summed E-state index contributed by atoms with van der Waals surface area (Å²) in [5.74, 6) is -0.344. The van der Waals surface area contributed by atoms with E-state index in [-0.39, 0.29) is 11.6 Å². The molecule has 0 aliphatic carbocycles. The van der Waals surface area contributed by atoms with Gasteiger partial charge in [0.15, 0.2) is 5.78 Å². The van der Waals surface area contributed by atoms with Crippen LogP contribution >= 0.6 is 0 Å². The zero-order chi connectivity index (χ0) is 12.6. The minimum absolute atomic E-state index is 0.0511. The number of nitrogens with one attached hydrogen (secondary N) is 1. The molecule has 2 aromatic rings. The van der Waals surface area contributed by atoms with Gasteiger partial charge in [-0.2, -0.15) is 0 Å². The van der Waals surface area contributed by atoms with Gasteiger partial charge in [-0.1, -0.05) is 11.6 Å². The summed E-state index contributed by atoms with van der Waals surface area (Å²) in [4.78, 5) is 14.3. The van der Waals surface area contributed by atoms with Crippen molar-refractivity contribution in [1.29, 1.82) is 0 Å². The average molecular weight is 231 g/mol. The molecular weight excluding hydrogens is 217 g/mol. The van der Waals surface area contributed by atoms with Crippen molar-refractivity contribution in [2.75, 3.05) is 0 Å². The molecular formula is C14H14FNO. The van der Waals surface area contributed by atoms with Crippen LogP contribution in [0.25, 0.3) is 17.0 Å². The molecule has 0 aliphatic heterocycles. The summed E-state index contributed by atoms with van der Waals surface area (Å²) >= 11 is 0. The lowest BCUT2D eigenvalue weighted by molar-refractivity contribution is 0.101. The number of aromatic nitrogens is 1. The molecule has 0 saturated carbocycles. The molecule has 2 rings (SSSR count). The molecule has 0 amide bonds. The summed E-state index contributed by atoms with van der Waals surface area (Å²) in [5.41, 5.74) is 3.16. The van der Waals surface area contributed by atoms with Crippen molar-refractivity contribution in [3.63, 3.8) is 0 Å². The average Bonchev–Trinajstić information content (AvgIpc) is 2.60. The van der Waals surface area contributed by atoms with Crippen molar-refractivity contribution in [3.8, 4) is 0 Å². The van der Waals surface area contributed by atoms with Crippen LogP contribution in [0.3, 0.4) is 0 Å². The number of hydrogen-bond donors (Lipinski definition) is 1. The standard InChI is InChI=1S/C14H14FNO/c1-8(2)4-10-5-12(15)6-11-7-13(9(3)17)16-14(10)11/h4-7,16H,1-3H3. The fourth-order valence-electron chi connectivity index (χ4n) is 1.85. The van der Waals surface area contributed by atoms with E-state index in [0.29, 0.717) is 5.69 Å². The van der Waals surface area contributed by atoms with Gasteiger partial charge >= 0.3 is 0 Å². The fraction of sp³-hybridized carbons (Fsp3) is 0.214. The van der Waals surface area contributed by atoms with Gasteiger partial charge < -0.3 is 4.98 Å². The maximum absolute atomic E-state index is 13.4. The molecule has 0 unspecified atom stereocenters. The molecule has 0 saturated heterocycles. The van der Waals surface area contributed by atoms with Crippen molar-refractivity contribution >= 4 is 22.8 Å². The maximum Gasteiger partial charge on any atom is 0.175 e. The maximum atomic E-state index is 13.4. The largest absolute Gasteiger partial charge is 0.352 e. The van der Waals surface area contributed by atoms with Crippen molar-refractivity contribution in [3.05, 3.63) is 40.8 Å². The van der Waals surface area contributed by atoms with Crippen LogP contribution in [0.4, 0.5) is 4.39 Å². The van der Waals surface area contributed by atoms with Gasteiger partial charge in [-0.25, -0.2) is 4.39 Å². The molecule has 88 valence electrons. The monoisotopic (exact) mass is 231 g/mol. The van der Waals surface area contributed by atoms with E-state index in [1.807, 2.05) is 19.9 Å². The van der Waals surface area contributed by atoms with E-state index in [4.69, 9.17) is 0 Å². The molecule has 1 aromatic heterocycles. The number of hydrogen-bond acceptors (Lipinski definition) is 1. The smallest absolute Gasteiger partial charge is 0.175 e. The van der Waals surface area contributed by atoms with Gasteiger partial charge in [0.05, 0.1) is 11.2 Å². The van der Waals surface area contributed by atoms with Crippen LogP contribution in [0, 0.1) is 5.82 Å². The quantitative estimate of drug-likeness (QED) is 0.780. The van der Waals surface area contributed by atoms with Crippen LogP contribution in [-0.2, 0) is 0 Å². The van der Waals surface area contributed by atoms with Gasteiger partial charge in [-0.15, -0.1) is 0 Å². The molecule has 0 aliphatic rings. The third-order valence-corrected chi connectivity index (χ3v) is 2.55. The Morgan fingerprint density at radius 2 is 1.94 bits per heavy atom. The second kappa shape index (κ2) is 4.17. The SMILES string of the molecule is CC(=O)c1cc2cc(F)cc(C=C(C)C)c2[nH]1. The first kappa shape index (κ1) is 11.6. The Hall–Kier alpha value is -1.90. The highest BCUT2D eigenvalue weighted by Gasteiger charge is 2.09. The minimum Gasteiger partial charge on any atom is -0.352 e. The topological polar surface area (TPSA) is 32.9 Å². The van der Waals surface area contributed by atoms with Gasteiger partial charge in [0, 0.05) is 17.9 Å². The zero-order valence-electron chi connectivity index (χ0n) is 10.1. The Bertz CT molecular complexity index is 618. The number of fused-ring (bicyclic) bond motifs is 1. The van der Waals surface area contributed by atoms with Crippen molar-refractivity contribution in [2.24, 2.45) is 0 Å². The predicted octanol–water partition coefficient (Wildman–Crippen LogP) is 3.93. The van der Waals surface area contributed by atoms with Crippen LogP contribution in [0.2, 0.25) is 0 Å². The number of rotatable bonds is 2. The predicted molar refractivity (Wildman–Crippen MR) is 67.6 cm³/mol. The van der Waals surface area contributed by atoms with Crippen molar-refractivity contribution in [1.82, 2.24) is 4.98 Å². The lowest BCUT2D eigenvalue weighted by Gasteiger charge is -1.99. The van der Waals surface area contributed by atoms with E-state index >= 15 is 0 Å². The van der Waals surface area contributed by atoms with Gasteiger partial charge in [-0.05, 0) is 32.0 Å². The first-order valence-corrected chi connectivity index (χ1v) is 5.45. The van der Waals surface area contributed by atoms with E-state index in [9.17, 15) is 9.18 Å². The summed E-state index contributed by atoms with van der Waals surface area (Å²) < 4.78 is 13.4. The minimum atomic E-state index is -0.292. The molecule has 2 nitrogen and oxygen atoms in total. The van der Waals surface area contributed by atoms with E-state index in [1.165, 1.54) is 19.1 Å². The van der Waals surface area contributed by atoms with Crippen molar-refractivity contribution in [2.45, 2.75) is 20.8 Å². The zero-order valence-corrected chi connectivity index (χ0v) is 10.1. The first-order valence-electron chi connectivity index (χ1n) is 5.45. The first-order chi connectivity index (χ1) is 7.97. The molecule has 3 heteroatoms. The summed E-state index contributed by atoms with van der Waals surface area (Å²) in [6, 6.07) is 4.58. The van der Waals surface area contributed by atoms with Crippen LogP contribution in [-0.4, -0.2) is 10.8 Å². The van der Waals surface area contributed by atoms with E-state index in [1.54, 1.807) is 6.07 Å². The Balaban J connectivity index is 2.74. The Morgan fingerprint density at radius 1 is 1.24 bits per heavy atom. The van der Waals surface area contributed by atoms with Crippen molar-refractivity contribution < 1.29 is 9.18 Å². The summed E-state index contributed by atoms with van der Waals surface area (Å²) in [6.07, 6.45) is 1.89. The highest BCUT2D eigenvalue weighted by molar-refractivity contribution is 5.99. The molecule has 0 fully saturated rings. The van der Waals surface area contributed by atoms with Gasteiger partial charge in [0.2, 0.25) is 0 Å². The molecule has 0 atom stereocenters. The molecule has 1 heterocycles. The normalized spacial score (nSPS) is 10.6. The van der Waals surface area contributed by atoms with Crippen LogP contribution in [0.5, 0.6) is 0 Å². The Labute approximate surface area is 99.1 Å². The molecule has 1 aromatic carbocycles. The second-order valence-corrected chi connectivity index (χ2v) is 4.42. The molecule has 0 spiro atoms. The number of carbonyl (C=O) groups excluding carboxylic acids is 1. The number of Topliss-reactive ketones (excluding diaryl/α,β-unsaturated/α-hetero) is 1. The van der Waals surface area contributed by atoms with E-state index in [0.717, 1.165) is 22.0 Å². The van der Waals surface area contributed by atoms with Gasteiger partial charge in [0.25, 0.3) is 0 Å². The lowest BCUT2D eigenvalue weighted by atomic mass is 10.1. The van der Waals surface area contributed by atoms with E-state index in [2.05, 4.69) is 4.98 Å². The van der Waals surface area contributed by atoms with Gasteiger partial charge in [-0.3, -0.25) is 4.79 Å². The summed E-state index contributed by atoms with van der Waals surface area (Å²) in [7, 11) is 0. The number of allylic oxidation sites excluding steroid dienone is 1. The number of aromatic amines is 1. The number of halogens is 1. The van der Waals surface area contributed by atoms with Gasteiger partial charge in [0.1, 0.15) is 5.82 Å². The second-order valence-electron chi connectivity index (χ2n) is 4.42. The molecule has 17 heavy (non-hydrogen) atoms. The Morgan fingerprint density at radius 3 is 2.53 bits per heavy atom. The van der Waals surface area contributed by atoms with Crippen LogP contribution < -0.4 is 0 Å². The third kappa shape index (κ3) is 2.28. The molecule has 1 N–H and O–H groups in total. The number of benzene rings is 1. The summed E-state index contributed by atoms with van der Waals surface area (Å²) in [6.45, 7) is 5.39. The third-order valence-electron chi connectivity index (χ3n) is 2.55. The molecule has 0 bridgehead atoms. The van der Waals surface area contributed by atoms with Crippen LogP contribution in [0.1, 0.15) is 36.8 Å². The number of H-pyrrole nitrogens is 1.